The van der Waals surface area contributed by atoms with Crippen LogP contribution in [0.4, 0.5) is 0 Å². The molecule has 7 heteroatoms. The first-order valence-electron chi connectivity index (χ1n) is 6.26. The molecular formula is C12H20N2O5. The van der Waals surface area contributed by atoms with Gasteiger partial charge in [0.05, 0.1) is 18.6 Å². The molecule has 1 rings (SSSR count). The maximum Gasteiger partial charge on any atom is 0.326 e. The highest BCUT2D eigenvalue weighted by Crippen LogP contribution is 2.24. The molecule has 4 N–H and O–H groups in total. The minimum atomic E-state index is -1.27. The molecule has 0 aromatic heterocycles. The average Bonchev–Trinajstić information content (AvgIpc) is 2.25. The SMILES string of the molecule is CC1CC(C(=O)N[C@@H](CC(N)=O)C(=O)O)CC(C)O1. The first-order chi connectivity index (χ1) is 8.79. The summed E-state index contributed by atoms with van der Waals surface area (Å²) >= 11 is 0. The van der Waals surface area contributed by atoms with Gasteiger partial charge in [0, 0.05) is 5.92 Å². The predicted molar refractivity (Wildman–Crippen MR) is 66.1 cm³/mol. The van der Waals surface area contributed by atoms with Gasteiger partial charge in [-0.15, -0.1) is 0 Å². The van der Waals surface area contributed by atoms with E-state index in [1.54, 1.807) is 0 Å². The highest BCUT2D eigenvalue weighted by atomic mass is 16.5. The molecule has 2 amide bonds. The second-order valence-corrected chi connectivity index (χ2v) is 5.00. The van der Waals surface area contributed by atoms with Crippen molar-refractivity contribution in [3.8, 4) is 0 Å². The first kappa shape index (κ1) is 15.4. The summed E-state index contributed by atoms with van der Waals surface area (Å²) in [5.41, 5.74) is 4.96. The van der Waals surface area contributed by atoms with E-state index in [4.69, 9.17) is 15.6 Å². The number of hydrogen-bond acceptors (Lipinski definition) is 4. The zero-order valence-electron chi connectivity index (χ0n) is 11.1. The second kappa shape index (κ2) is 6.51. The highest BCUT2D eigenvalue weighted by Gasteiger charge is 2.32. The topological polar surface area (TPSA) is 119 Å². The van der Waals surface area contributed by atoms with Crippen molar-refractivity contribution in [3.05, 3.63) is 0 Å². The standard InChI is InChI=1S/C12H20N2O5/c1-6-3-8(4-7(2)19-6)11(16)14-9(12(17)18)5-10(13)15/h6-9H,3-5H2,1-2H3,(H2,13,15)(H,14,16)(H,17,18)/t6?,7?,8?,9-/m0/s1. The monoisotopic (exact) mass is 272 g/mol. The number of nitrogens with two attached hydrogens (primary N) is 1. The zero-order chi connectivity index (χ0) is 14.6. The molecule has 3 atom stereocenters. The lowest BCUT2D eigenvalue weighted by Crippen LogP contribution is -2.47. The van der Waals surface area contributed by atoms with E-state index in [1.165, 1.54) is 0 Å². The summed E-state index contributed by atoms with van der Waals surface area (Å²) in [7, 11) is 0. The Morgan fingerprint density at radius 1 is 1.32 bits per heavy atom. The number of hydrogen-bond donors (Lipinski definition) is 3. The van der Waals surface area contributed by atoms with E-state index in [2.05, 4.69) is 5.32 Å². The van der Waals surface area contributed by atoms with E-state index in [1.807, 2.05) is 13.8 Å². The van der Waals surface area contributed by atoms with E-state index in [9.17, 15) is 14.4 Å². The van der Waals surface area contributed by atoms with Crippen molar-refractivity contribution in [1.82, 2.24) is 5.32 Å². The minimum absolute atomic E-state index is 0.0427. The van der Waals surface area contributed by atoms with E-state index < -0.39 is 24.3 Å². The zero-order valence-corrected chi connectivity index (χ0v) is 11.1. The number of rotatable bonds is 5. The van der Waals surface area contributed by atoms with Crippen LogP contribution in [0, 0.1) is 5.92 Å². The van der Waals surface area contributed by atoms with Gasteiger partial charge in [-0.2, -0.15) is 0 Å². The summed E-state index contributed by atoms with van der Waals surface area (Å²) in [4.78, 5) is 33.7. The van der Waals surface area contributed by atoms with Gasteiger partial charge < -0.3 is 20.9 Å². The van der Waals surface area contributed by atoms with Crippen LogP contribution in [0.2, 0.25) is 0 Å². The second-order valence-electron chi connectivity index (χ2n) is 5.00. The van der Waals surface area contributed by atoms with Crippen LogP contribution in [0.25, 0.3) is 0 Å². The van der Waals surface area contributed by atoms with Crippen LogP contribution in [0.3, 0.4) is 0 Å². The van der Waals surface area contributed by atoms with Crippen molar-refractivity contribution >= 4 is 17.8 Å². The number of carbonyl (C=O) groups is 3. The van der Waals surface area contributed by atoms with Crippen molar-refractivity contribution in [2.24, 2.45) is 11.7 Å². The van der Waals surface area contributed by atoms with Gasteiger partial charge >= 0.3 is 5.97 Å². The normalized spacial score (nSPS) is 28.4. The highest BCUT2D eigenvalue weighted by molar-refractivity contribution is 5.88. The average molecular weight is 272 g/mol. The molecule has 1 saturated heterocycles. The molecule has 1 heterocycles. The molecule has 0 saturated carbocycles. The number of primary amides is 1. The third-order valence-electron chi connectivity index (χ3n) is 3.09. The van der Waals surface area contributed by atoms with E-state index >= 15 is 0 Å². The van der Waals surface area contributed by atoms with Crippen LogP contribution in [-0.2, 0) is 19.1 Å². The third kappa shape index (κ3) is 4.86. The van der Waals surface area contributed by atoms with E-state index in [-0.39, 0.29) is 24.0 Å². The van der Waals surface area contributed by atoms with Gasteiger partial charge in [0.15, 0.2) is 0 Å². The van der Waals surface area contributed by atoms with Crippen molar-refractivity contribution in [2.75, 3.05) is 0 Å². The Hall–Kier alpha value is -1.63. The molecule has 19 heavy (non-hydrogen) atoms. The van der Waals surface area contributed by atoms with Crippen LogP contribution in [-0.4, -0.2) is 41.1 Å². The summed E-state index contributed by atoms with van der Waals surface area (Å²) in [6, 6.07) is -1.27. The molecule has 0 aromatic rings. The molecule has 0 bridgehead atoms. The summed E-state index contributed by atoms with van der Waals surface area (Å²) in [6.07, 6.45) is 0.589. The largest absolute Gasteiger partial charge is 0.480 e. The molecule has 0 radical (unpaired) electrons. The van der Waals surface area contributed by atoms with Crippen LogP contribution in [0.5, 0.6) is 0 Å². The van der Waals surface area contributed by atoms with Crippen molar-refractivity contribution in [2.45, 2.75) is 51.4 Å². The van der Waals surface area contributed by atoms with Gasteiger partial charge in [0.1, 0.15) is 6.04 Å². The number of aliphatic carboxylic acids is 1. The fraction of sp³-hybridized carbons (Fsp3) is 0.750. The van der Waals surface area contributed by atoms with Crippen molar-refractivity contribution in [1.29, 1.82) is 0 Å². The van der Waals surface area contributed by atoms with Gasteiger partial charge in [-0.1, -0.05) is 0 Å². The number of amides is 2. The van der Waals surface area contributed by atoms with Crippen molar-refractivity contribution in [3.63, 3.8) is 0 Å². The number of nitrogens with one attached hydrogen (secondary N) is 1. The predicted octanol–water partition coefficient (Wildman–Crippen LogP) is -0.365. The lowest BCUT2D eigenvalue weighted by Gasteiger charge is -2.31. The van der Waals surface area contributed by atoms with Crippen LogP contribution >= 0.6 is 0 Å². The number of carboxylic acid groups (broad SMARTS) is 1. The maximum absolute atomic E-state index is 12.0. The Kier molecular flexibility index (Phi) is 5.29. The molecule has 2 unspecified atom stereocenters. The van der Waals surface area contributed by atoms with Gasteiger partial charge in [-0.3, -0.25) is 9.59 Å². The van der Waals surface area contributed by atoms with Crippen LogP contribution in [0.1, 0.15) is 33.1 Å². The van der Waals surface area contributed by atoms with Gasteiger partial charge in [-0.05, 0) is 26.7 Å². The summed E-state index contributed by atoms with van der Waals surface area (Å²) < 4.78 is 5.51. The molecule has 1 fully saturated rings. The molecule has 7 nitrogen and oxygen atoms in total. The maximum atomic E-state index is 12.0. The van der Waals surface area contributed by atoms with Gasteiger partial charge in [0.2, 0.25) is 11.8 Å². The fourth-order valence-corrected chi connectivity index (χ4v) is 2.31. The summed E-state index contributed by atoms with van der Waals surface area (Å²) in [5, 5.41) is 11.3. The van der Waals surface area contributed by atoms with Gasteiger partial charge in [-0.25, -0.2) is 4.79 Å². The lowest BCUT2D eigenvalue weighted by atomic mass is 9.91. The minimum Gasteiger partial charge on any atom is -0.480 e. The Balaban J connectivity index is 2.61. The first-order valence-corrected chi connectivity index (χ1v) is 6.26. The third-order valence-corrected chi connectivity index (χ3v) is 3.09. The summed E-state index contributed by atoms with van der Waals surface area (Å²) in [5.74, 6) is -2.69. The molecule has 108 valence electrons. The molecule has 1 aliphatic rings. The Morgan fingerprint density at radius 2 is 1.84 bits per heavy atom. The number of carbonyl (C=O) groups excluding carboxylic acids is 2. The quantitative estimate of drug-likeness (QED) is 0.631. The van der Waals surface area contributed by atoms with Crippen LogP contribution < -0.4 is 11.1 Å². The van der Waals surface area contributed by atoms with E-state index in [0.717, 1.165) is 0 Å². The number of carboxylic acids is 1. The molecule has 1 aliphatic heterocycles. The smallest absolute Gasteiger partial charge is 0.326 e. The molecular weight excluding hydrogens is 252 g/mol. The summed E-state index contributed by atoms with van der Waals surface area (Å²) in [6.45, 7) is 3.74. The Morgan fingerprint density at radius 3 is 2.26 bits per heavy atom. The molecule has 0 aromatic carbocycles. The lowest BCUT2D eigenvalue weighted by molar-refractivity contribution is -0.145. The fourth-order valence-electron chi connectivity index (χ4n) is 2.31. The van der Waals surface area contributed by atoms with E-state index in [0.29, 0.717) is 12.8 Å². The van der Waals surface area contributed by atoms with Crippen LogP contribution in [0.15, 0.2) is 0 Å². The van der Waals surface area contributed by atoms with Gasteiger partial charge in [0.25, 0.3) is 0 Å². The van der Waals surface area contributed by atoms with Crippen molar-refractivity contribution < 1.29 is 24.2 Å². The Bertz CT molecular complexity index is 361. The Labute approximate surface area is 111 Å². The number of ether oxygens (including phenoxy) is 1. The molecule has 0 spiro atoms. The molecule has 0 aliphatic carbocycles.